The smallest absolute Gasteiger partial charge is 0.542 e. The molecule has 0 aliphatic carbocycles. The molecule has 0 saturated heterocycles. The number of hydrogen-bond acceptors (Lipinski definition) is 10. The van der Waals surface area contributed by atoms with Crippen LogP contribution in [0.5, 0.6) is 0 Å². The number of hydrogen-bond donors (Lipinski definition) is 2. The Morgan fingerprint density at radius 3 is 0.696 bits per heavy atom. The van der Waals surface area contributed by atoms with E-state index in [1.54, 1.807) is 0 Å². The van der Waals surface area contributed by atoms with Crippen molar-refractivity contribution in [3.63, 3.8) is 0 Å². The molecule has 0 bridgehead atoms. The number of aliphatic carboxylic acids is 3. The van der Waals surface area contributed by atoms with E-state index in [-0.39, 0.29) is 23.2 Å². The number of ketones is 3. The molecule has 0 unspecified atom stereocenters. The summed E-state index contributed by atoms with van der Waals surface area (Å²) >= 11 is 0. The Labute approximate surface area is 142 Å². The van der Waals surface area contributed by atoms with Gasteiger partial charge in [0, 0.05) is 20.8 Å². The molecule has 0 saturated carbocycles. The van der Waals surface area contributed by atoms with Gasteiger partial charge in [0.25, 0.3) is 0 Å². The minimum Gasteiger partial charge on any atom is -0.542 e. The van der Waals surface area contributed by atoms with Crippen LogP contribution < -0.4 is 21.1 Å². The zero-order valence-electron chi connectivity index (χ0n) is 12.8. The van der Waals surface area contributed by atoms with Crippen molar-refractivity contribution in [2.45, 2.75) is 27.7 Å². The van der Waals surface area contributed by atoms with E-state index in [0.717, 1.165) is 20.8 Å². The van der Waals surface area contributed by atoms with Crippen molar-refractivity contribution >= 4 is 58.5 Å². The number of Topliss-reactive ketones (excluding diaryl/α,β-unsaturated/α-hetero) is 3. The van der Waals surface area contributed by atoms with Crippen LogP contribution in [-0.2, 0) is 28.8 Å². The predicted octanol–water partition coefficient (Wildman–Crippen LogP) is -5.46. The molecular formula is C11H15AlN2O9. The summed E-state index contributed by atoms with van der Waals surface area (Å²) in [7, 11) is 0. The molecule has 0 heterocycles. The number of rotatable bonds is 3. The van der Waals surface area contributed by atoms with Crippen molar-refractivity contribution in [3.8, 4) is 0 Å². The topological polar surface area (TPSA) is 221 Å². The Hall–Kier alpha value is -2.58. The number of carboxylic acids is 3. The third kappa shape index (κ3) is 66.4. The first kappa shape index (κ1) is 32.4. The van der Waals surface area contributed by atoms with Crippen LogP contribution in [0.15, 0.2) is 0 Å². The van der Waals surface area contributed by atoms with E-state index >= 15 is 0 Å². The minimum atomic E-state index is -1.63. The molecule has 0 atom stereocenters. The van der Waals surface area contributed by atoms with E-state index in [9.17, 15) is 44.1 Å². The van der Waals surface area contributed by atoms with Crippen LogP contribution in [0.25, 0.3) is 0 Å². The molecule has 0 radical (unpaired) electrons. The van der Waals surface area contributed by atoms with Crippen LogP contribution in [0.4, 0.5) is 0 Å². The van der Waals surface area contributed by atoms with Crippen molar-refractivity contribution in [2.75, 3.05) is 0 Å². The van der Waals surface area contributed by atoms with Gasteiger partial charge >= 0.3 is 17.4 Å². The molecule has 0 rings (SSSR count). The molecule has 11 nitrogen and oxygen atoms in total. The molecule has 12 heteroatoms. The Kier molecular flexibility index (Phi) is 27.4. The van der Waals surface area contributed by atoms with E-state index in [2.05, 4.69) is 0 Å². The Morgan fingerprint density at radius 2 is 0.696 bits per heavy atom. The third-order valence-electron chi connectivity index (χ3n) is 0.862. The first-order valence-electron chi connectivity index (χ1n) is 5.13. The van der Waals surface area contributed by atoms with E-state index in [4.69, 9.17) is 11.1 Å². The van der Waals surface area contributed by atoms with Gasteiger partial charge in [-0.1, -0.05) is 0 Å². The number of carboxylic acid groups (broad SMARTS) is 3. The number of carbonyl (C=O) groups excluding carboxylic acids is 6. The second kappa shape index (κ2) is 19.4. The summed E-state index contributed by atoms with van der Waals surface area (Å²) in [4.78, 5) is 56.2. The van der Waals surface area contributed by atoms with Crippen LogP contribution in [0.1, 0.15) is 27.7 Å². The molecule has 0 aromatic heterocycles. The van der Waals surface area contributed by atoms with E-state index in [1.165, 1.54) is 6.92 Å². The molecule has 126 valence electrons. The molecule has 0 aliphatic heterocycles. The summed E-state index contributed by atoms with van der Waals surface area (Å²) in [5.41, 5.74) is 4.69. The number of nitrogens with one attached hydrogen (secondary N) is 1. The van der Waals surface area contributed by atoms with Crippen LogP contribution in [0, 0.1) is 5.41 Å². The zero-order chi connectivity index (χ0) is 19.0. The molecule has 0 aliphatic rings. The summed E-state index contributed by atoms with van der Waals surface area (Å²) in [6.45, 7) is 4.35. The van der Waals surface area contributed by atoms with Crippen LogP contribution in [0.3, 0.4) is 0 Å². The van der Waals surface area contributed by atoms with Gasteiger partial charge in [0.2, 0.25) is 0 Å². The predicted molar refractivity (Wildman–Crippen MR) is 70.4 cm³/mol. The largest absolute Gasteiger partial charge is 3.00 e. The van der Waals surface area contributed by atoms with Crippen LogP contribution >= 0.6 is 0 Å². The quantitative estimate of drug-likeness (QED) is 0.213. The van der Waals surface area contributed by atoms with E-state index in [0.29, 0.717) is 0 Å². The van der Waals surface area contributed by atoms with Crippen molar-refractivity contribution in [1.29, 1.82) is 5.41 Å². The maximum Gasteiger partial charge on any atom is 3.00 e. The average molecular weight is 346 g/mol. The van der Waals surface area contributed by atoms with Gasteiger partial charge in [0.1, 0.15) is 17.9 Å². The fraction of sp³-hybridized carbons (Fsp3) is 0.364. The van der Waals surface area contributed by atoms with Crippen LogP contribution in [0.2, 0.25) is 0 Å². The normalized spacial score (nSPS) is 6.96. The van der Waals surface area contributed by atoms with E-state index < -0.39 is 35.3 Å². The van der Waals surface area contributed by atoms with Crippen molar-refractivity contribution < 1.29 is 44.1 Å². The van der Waals surface area contributed by atoms with Gasteiger partial charge in [-0.2, -0.15) is 0 Å². The Bertz CT molecular complexity index is 363. The van der Waals surface area contributed by atoms with Crippen molar-refractivity contribution in [3.05, 3.63) is 0 Å². The molecule has 3 N–H and O–H groups in total. The standard InChI is InChI=1S/3C3H4O3.C2H6N2.Al/c3*1-2(4)3(5)6;1-2(3)4;/h3*1H3,(H,5,6);1H3,(H3,3,4);/q;;;;+3/p-3. The summed E-state index contributed by atoms with van der Waals surface area (Å²) in [5.74, 6) is -7.53. The second-order valence-corrected chi connectivity index (χ2v) is 3.21. The van der Waals surface area contributed by atoms with Gasteiger partial charge in [0.15, 0.2) is 17.3 Å². The van der Waals surface area contributed by atoms with E-state index in [1.807, 2.05) is 0 Å². The molecule has 23 heavy (non-hydrogen) atoms. The van der Waals surface area contributed by atoms with Crippen molar-refractivity contribution in [1.82, 2.24) is 0 Å². The Morgan fingerprint density at radius 1 is 0.652 bits per heavy atom. The first-order valence-corrected chi connectivity index (χ1v) is 5.13. The van der Waals surface area contributed by atoms with Crippen molar-refractivity contribution in [2.24, 2.45) is 5.73 Å². The van der Waals surface area contributed by atoms with Gasteiger partial charge in [-0.3, -0.25) is 19.8 Å². The fourth-order valence-electron chi connectivity index (χ4n) is 0. The summed E-state index contributed by atoms with van der Waals surface area (Å²) in [6.07, 6.45) is 0. The van der Waals surface area contributed by atoms with Gasteiger partial charge in [-0.15, -0.1) is 0 Å². The molecule has 0 aromatic carbocycles. The van der Waals surface area contributed by atoms with Crippen LogP contribution in [-0.4, -0.2) is 58.5 Å². The first-order chi connectivity index (χ1) is 9.66. The van der Waals surface area contributed by atoms with Gasteiger partial charge < -0.3 is 35.4 Å². The number of amidine groups is 1. The monoisotopic (exact) mass is 346 g/mol. The molecule has 0 amide bonds. The maximum atomic E-state index is 9.48. The third-order valence-corrected chi connectivity index (χ3v) is 0.862. The molecule has 0 fully saturated rings. The summed E-state index contributed by atoms with van der Waals surface area (Å²) in [5, 5.41) is 34.0. The SMILES string of the molecule is CC(=N)N.CC(=O)C(=O)[O-].CC(=O)C(=O)[O-].CC(=O)C(=O)[O-].[Al+3]. The van der Waals surface area contributed by atoms with Gasteiger partial charge in [-0.25, -0.2) is 0 Å². The molecular weight excluding hydrogens is 331 g/mol. The summed E-state index contributed by atoms with van der Waals surface area (Å²) in [6, 6.07) is 0. The number of carbonyl (C=O) groups is 6. The maximum absolute atomic E-state index is 9.48. The fourth-order valence-corrected chi connectivity index (χ4v) is 0. The Balaban J connectivity index is -0.0000000624. The van der Waals surface area contributed by atoms with Gasteiger partial charge in [0.05, 0.1) is 5.84 Å². The second-order valence-electron chi connectivity index (χ2n) is 3.21. The zero-order valence-corrected chi connectivity index (χ0v) is 14.0. The number of nitrogens with two attached hydrogens (primary N) is 1. The summed E-state index contributed by atoms with van der Waals surface area (Å²) < 4.78 is 0. The molecule has 0 aromatic rings. The minimum absolute atomic E-state index is 0. The molecule has 0 spiro atoms. The van der Waals surface area contributed by atoms with Gasteiger partial charge in [-0.05, 0) is 6.92 Å². The average Bonchev–Trinajstić information content (AvgIpc) is 2.29.